The maximum absolute atomic E-state index is 13.0. The van der Waals surface area contributed by atoms with Crippen LogP contribution in [0.4, 0.5) is 10.8 Å². The van der Waals surface area contributed by atoms with E-state index in [4.69, 9.17) is 4.74 Å². The zero-order chi connectivity index (χ0) is 22.5. The van der Waals surface area contributed by atoms with E-state index < -0.39 is 0 Å². The normalized spacial score (nSPS) is 11.6. The number of carbonyl (C=O) groups is 1. The summed E-state index contributed by atoms with van der Waals surface area (Å²) in [6.07, 6.45) is 1.88. The van der Waals surface area contributed by atoms with Gasteiger partial charge in [-0.05, 0) is 49.7 Å². The fourth-order valence-corrected chi connectivity index (χ4v) is 4.73. The molecule has 1 atom stereocenters. The lowest BCUT2D eigenvalue weighted by molar-refractivity contribution is -0.361. The highest BCUT2D eigenvalue weighted by Crippen LogP contribution is 2.41. The molecule has 1 amide bonds. The summed E-state index contributed by atoms with van der Waals surface area (Å²) in [6.45, 7) is 4.18. The number of aromatic amines is 1. The van der Waals surface area contributed by atoms with Gasteiger partial charge in [-0.2, -0.15) is 0 Å². The molecule has 4 rings (SSSR count). The zero-order valence-electron chi connectivity index (χ0n) is 18.3. The van der Waals surface area contributed by atoms with Crippen molar-refractivity contribution in [1.82, 2.24) is 0 Å². The topological polar surface area (TPSA) is 64.5 Å². The summed E-state index contributed by atoms with van der Waals surface area (Å²) in [4.78, 5) is 17.4. The van der Waals surface area contributed by atoms with Gasteiger partial charge in [0.25, 0.3) is 11.7 Å². The fourth-order valence-electron chi connectivity index (χ4n) is 3.63. The third kappa shape index (κ3) is 4.65. The number of hydrogen-bond donors (Lipinski definition) is 2. The highest BCUT2D eigenvalue weighted by atomic mass is 32.1. The largest absolute Gasteiger partial charge is 0.497 e. The Labute approximate surface area is 192 Å². The van der Waals surface area contributed by atoms with Crippen LogP contribution in [0.25, 0.3) is 0 Å². The van der Waals surface area contributed by atoms with Crippen LogP contribution in [0.15, 0.2) is 79.0 Å². The molecule has 0 aliphatic heterocycles. The minimum Gasteiger partial charge on any atom is -0.497 e. The Kier molecular flexibility index (Phi) is 6.52. The minimum absolute atomic E-state index is 0.122. The quantitative estimate of drug-likeness (QED) is 0.388. The van der Waals surface area contributed by atoms with Gasteiger partial charge in [-0.1, -0.05) is 36.4 Å². The lowest BCUT2D eigenvalue weighted by Crippen LogP contribution is -2.21. The van der Waals surface area contributed by atoms with Gasteiger partial charge >= 0.3 is 0 Å². The summed E-state index contributed by atoms with van der Waals surface area (Å²) < 4.78 is 5.48. The number of H-pyrrole nitrogens is 1. The maximum atomic E-state index is 13.0. The molecule has 3 N–H and O–H groups in total. The number of benzene rings is 2. The SMILES string of the molecule is COc1cccc([C@@H](Nc2cccc[nH+]2)c2c(NC(=O)c3ccccc3)sc(C)c2C)c1. The summed E-state index contributed by atoms with van der Waals surface area (Å²) in [5, 5.41) is 7.60. The highest BCUT2D eigenvalue weighted by Gasteiger charge is 2.28. The third-order valence-electron chi connectivity index (χ3n) is 5.42. The van der Waals surface area contributed by atoms with Crippen LogP contribution in [0.2, 0.25) is 0 Å². The van der Waals surface area contributed by atoms with Crippen molar-refractivity contribution < 1.29 is 14.5 Å². The van der Waals surface area contributed by atoms with Gasteiger partial charge in [-0.25, -0.2) is 4.98 Å². The molecule has 0 bridgehead atoms. The van der Waals surface area contributed by atoms with Gasteiger partial charge in [-0.15, -0.1) is 11.3 Å². The van der Waals surface area contributed by atoms with E-state index in [0.717, 1.165) is 38.1 Å². The molecule has 5 nitrogen and oxygen atoms in total. The van der Waals surface area contributed by atoms with Crippen molar-refractivity contribution in [2.75, 3.05) is 17.7 Å². The molecule has 4 aromatic rings. The van der Waals surface area contributed by atoms with Crippen LogP contribution in [0.1, 0.15) is 38.0 Å². The molecule has 0 aliphatic rings. The van der Waals surface area contributed by atoms with E-state index in [2.05, 4.69) is 35.5 Å². The van der Waals surface area contributed by atoms with E-state index >= 15 is 0 Å². The van der Waals surface area contributed by atoms with Crippen LogP contribution < -0.4 is 20.4 Å². The first kappa shape index (κ1) is 21.6. The Morgan fingerprint density at radius 1 is 1.00 bits per heavy atom. The number of aromatic nitrogens is 1. The number of anilines is 2. The van der Waals surface area contributed by atoms with Gasteiger partial charge in [0.2, 0.25) is 0 Å². The molecular weight excluding hydrogens is 418 g/mol. The predicted molar refractivity (Wildman–Crippen MR) is 130 cm³/mol. The Morgan fingerprint density at radius 2 is 1.78 bits per heavy atom. The molecule has 2 aromatic carbocycles. The molecular formula is C26H26N3O2S+. The van der Waals surface area contributed by atoms with Crippen molar-refractivity contribution in [3.8, 4) is 5.75 Å². The summed E-state index contributed by atoms with van der Waals surface area (Å²) >= 11 is 1.59. The molecule has 0 fully saturated rings. The second kappa shape index (κ2) is 9.66. The molecule has 6 heteroatoms. The predicted octanol–water partition coefficient (Wildman–Crippen LogP) is 5.64. The number of nitrogens with one attached hydrogen (secondary N) is 3. The number of carbonyl (C=O) groups excluding carboxylic acids is 1. The third-order valence-corrected chi connectivity index (χ3v) is 6.56. The molecule has 2 aromatic heterocycles. The number of aryl methyl sites for hydroxylation is 1. The van der Waals surface area contributed by atoms with Crippen molar-refractivity contribution in [2.24, 2.45) is 0 Å². The Bertz CT molecular complexity index is 1210. The Balaban J connectivity index is 1.79. The summed E-state index contributed by atoms with van der Waals surface area (Å²) in [6, 6.07) is 23.0. The molecule has 0 saturated carbocycles. The zero-order valence-corrected chi connectivity index (χ0v) is 19.1. The van der Waals surface area contributed by atoms with Crippen molar-refractivity contribution >= 4 is 28.1 Å². The van der Waals surface area contributed by atoms with Gasteiger partial charge in [0.1, 0.15) is 16.8 Å². The van der Waals surface area contributed by atoms with E-state index in [0.29, 0.717) is 5.56 Å². The van der Waals surface area contributed by atoms with E-state index in [1.54, 1.807) is 18.4 Å². The molecule has 0 radical (unpaired) electrons. The lowest BCUT2D eigenvalue weighted by atomic mass is 9.96. The van der Waals surface area contributed by atoms with Crippen LogP contribution in [-0.4, -0.2) is 13.0 Å². The molecule has 0 saturated heterocycles. The maximum Gasteiger partial charge on any atom is 0.272 e. The van der Waals surface area contributed by atoms with E-state index in [9.17, 15) is 4.79 Å². The number of methoxy groups -OCH3 is 1. The van der Waals surface area contributed by atoms with Gasteiger partial charge in [0, 0.05) is 27.6 Å². The molecule has 162 valence electrons. The smallest absolute Gasteiger partial charge is 0.272 e. The number of hydrogen-bond acceptors (Lipinski definition) is 4. The summed E-state index contributed by atoms with van der Waals surface area (Å²) in [5.74, 6) is 1.54. The van der Waals surface area contributed by atoms with E-state index in [-0.39, 0.29) is 11.9 Å². The molecule has 0 unspecified atom stereocenters. The van der Waals surface area contributed by atoms with Gasteiger partial charge in [-0.3, -0.25) is 10.1 Å². The molecule has 0 spiro atoms. The average molecular weight is 445 g/mol. The summed E-state index contributed by atoms with van der Waals surface area (Å²) in [5.41, 5.74) is 3.86. The summed E-state index contributed by atoms with van der Waals surface area (Å²) in [7, 11) is 1.66. The second-order valence-corrected chi connectivity index (χ2v) is 8.70. The first-order valence-corrected chi connectivity index (χ1v) is 11.2. The Hall–Kier alpha value is -3.64. The molecule has 2 heterocycles. The number of amides is 1. The average Bonchev–Trinajstić information content (AvgIpc) is 3.11. The van der Waals surface area contributed by atoms with Crippen molar-refractivity contribution in [2.45, 2.75) is 19.9 Å². The first-order valence-electron chi connectivity index (χ1n) is 10.4. The highest BCUT2D eigenvalue weighted by molar-refractivity contribution is 7.16. The van der Waals surface area contributed by atoms with Crippen molar-refractivity contribution in [3.05, 3.63) is 106 Å². The Morgan fingerprint density at radius 3 is 2.50 bits per heavy atom. The second-order valence-electron chi connectivity index (χ2n) is 7.48. The molecule has 0 aliphatic carbocycles. The van der Waals surface area contributed by atoms with Gasteiger partial charge in [0.15, 0.2) is 0 Å². The monoisotopic (exact) mass is 444 g/mol. The van der Waals surface area contributed by atoms with Crippen molar-refractivity contribution in [3.63, 3.8) is 0 Å². The van der Waals surface area contributed by atoms with Crippen LogP contribution in [0.3, 0.4) is 0 Å². The van der Waals surface area contributed by atoms with Crippen molar-refractivity contribution in [1.29, 1.82) is 0 Å². The first-order chi connectivity index (χ1) is 15.6. The number of rotatable bonds is 7. The van der Waals surface area contributed by atoms with Gasteiger partial charge < -0.3 is 10.1 Å². The van der Waals surface area contributed by atoms with Gasteiger partial charge in [0.05, 0.1) is 13.3 Å². The van der Waals surface area contributed by atoms with Crippen LogP contribution >= 0.6 is 11.3 Å². The van der Waals surface area contributed by atoms with Crippen LogP contribution in [0, 0.1) is 13.8 Å². The van der Waals surface area contributed by atoms with E-state index in [1.807, 2.05) is 72.9 Å². The lowest BCUT2D eigenvalue weighted by Gasteiger charge is -2.18. The van der Waals surface area contributed by atoms with Crippen LogP contribution in [-0.2, 0) is 0 Å². The van der Waals surface area contributed by atoms with Crippen LogP contribution in [0.5, 0.6) is 5.75 Å². The molecule has 32 heavy (non-hydrogen) atoms. The standard InChI is InChI=1S/C26H25N3O2S/c1-17-18(2)32-26(29-25(30)19-10-5-4-6-11-19)23(17)24(28-22-14-7-8-15-27-22)20-12-9-13-21(16-20)31-3/h4-16,24H,1-3H3,(H,27,28)(H,29,30)/p+1/t24-/m1/s1. The number of thiophene rings is 1. The van der Waals surface area contributed by atoms with E-state index in [1.165, 1.54) is 0 Å². The number of pyridine rings is 1. The minimum atomic E-state index is -0.195. The number of ether oxygens (including phenoxy) is 1. The fraction of sp³-hybridized carbons (Fsp3) is 0.154.